The minimum Gasteiger partial charge on any atom is -0.497 e. The van der Waals surface area contributed by atoms with Crippen molar-refractivity contribution in [3.05, 3.63) is 183 Å². The van der Waals surface area contributed by atoms with Crippen LogP contribution in [0.15, 0.2) is 131 Å². The molecular weight excluding hydrogens is 800 g/mol. The predicted octanol–water partition coefficient (Wildman–Crippen LogP) is 7.43. The maximum absolute atomic E-state index is 13.6. The van der Waals surface area contributed by atoms with E-state index in [-0.39, 0.29) is 24.7 Å². The number of benzene rings is 5. The molecular formula is C48H43ClN10O3. The molecule has 310 valence electrons. The van der Waals surface area contributed by atoms with Gasteiger partial charge in [0.2, 0.25) is 11.8 Å². The number of nitrogens with zero attached hydrogens (tertiary/aromatic N) is 8. The highest BCUT2D eigenvalue weighted by atomic mass is 35.5. The Labute approximate surface area is 363 Å². The molecule has 2 unspecified atom stereocenters. The van der Waals surface area contributed by atoms with Crippen LogP contribution in [0, 0.1) is 6.92 Å². The van der Waals surface area contributed by atoms with Crippen molar-refractivity contribution in [2.45, 2.75) is 51.7 Å². The van der Waals surface area contributed by atoms with Crippen LogP contribution < -0.4 is 15.4 Å². The van der Waals surface area contributed by atoms with Gasteiger partial charge in [-0.3, -0.25) is 28.7 Å². The normalized spacial score (nSPS) is 15.1. The Morgan fingerprint density at radius 2 is 1.32 bits per heavy atom. The zero-order valence-corrected chi connectivity index (χ0v) is 35.2. The molecule has 0 radical (unpaired) electrons. The van der Waals surface area contributed by atoms with E-state index in [1.807, 2.05) is 138 Å². The molecule has 2 amide bonds. The summed E-state index contributed by atoms with van der Waals surface area (Å²) in [5.74, 6) is 2.84. The molecule has 0 saturated heterocycles. The zero-order valence-electron chi connectivity index (χ0n) is 34.4. The minimum absolute atomic E-state index is 0.0703. The first kappa shape index (κ1) is 40.2. The fraction of sp³-hybridized carbons (Fsp3) is 0.208. The van der Waals surface area contributed by atoms with E-state index >= 15 is 0 Å². The summed E-state index contributed by atoms with van der Waals surface area (Å²) >= 11 is 6.32. The number of aryl methyl sites for hydroxylation is 1. The number of rotatable bonds is 12. The minimum atomic E-state index is -0.652. The Balaban J connectivity index is 1.11. The number of methoxy groups -OCH3 is 1. The molecule has 13 nitrogen and oxygen atoms in total. The van der Waals surface area contributed by atoms with Crippen molar-refractivity contribution < 1.29 is 14.3 Å². The van der Waals surface area contributed by atoms with Gasteiger partial charge in [-0.05, 0) is 61.4 Å². The number of amides is 2. The van der Waals surface area contributed by atoms with Crippen molar-refractivity contribution in [2.75, 3.05) is 13.7 Å². The summed E-state index contributed by atoms with van der Waals surface area (Å²) in [5.41, 5.74) is 8.46. The van der Waals surface area contributed by atoms with Gasteiger partial charge in [-0.1, -0.05) is 90.5 Å². The summed E-state index contributed by atoms with van der Waals surface area (Å²) in [6, 6.07) is 38.1. The number of para-hydroxylation sites is 1. The highest BCUT2D eigenvalue weighted by Crippen LogP contribution is 2.36. The molecule has 0 spiro atoms. The molecule has 0 bridgehead atoms. The zero-order chi connectivity index (χ0) is 42.7. The lowest BCUT2D eigenvalue weighted by molar-refractivity contribution is -0.122. The Bertz CT molecular complexity index is 2870. The van der Waals surface area contributed by atoms with Gasteiger partial charge in [-0.15, -0.1) is 20.4 Å². The van der Waals surface area contributed by atoms with E-state index < -0.39 is 12.1 Å². The van der Waals surface area contributed by atoms with Gasteiger partial charge in [0.25, 0.3) is 0 Å². The molecule has 9 rings (SSSR count). The van der Waals surface area contributed by atoms with E-state index in [1.54, 1.807) is 7.11 Å². The second kappa shape index (κ2) is 17.4. The Morgan fingerprint density at radius 3 is 2.08 bits per heavy atom. The van der Waals surface area contributed by atoms with Gasteiger partial charge in [-0.2, -0.15) is 0 Å². The number of aromatic nitrogens is 6. The van der Waals surface area contributed by atoms with Gasteiger partial charge in [0.15, 0.2) is 11.6 Å². The molecule has 2 N–H and O–H groups in total. The molecule has 2 aliphatic rings. The molecule has 7 aromatic rings. The van der Waals surface area contributed by atoms with Gasteiger partial charge in [0.1, 0.15) is 29.5 Å². The molecule has 5 aromatic carbocycles. The van der Waals surface area contributed by atoms with Crippen molar-refractivity contribution in [1.82, 2.24) is 40.2 Å². The SMILES string of the molecule is CCNC(=O)CC1N=C(c2ccc(Cl)cc2)c2ccc(OC)cc2-n2c(Cc3cccc(C4=NC(CC(=O)NCc5ccccc5)c5nnc(C)n5-c5ccccc54)c3)nnc21. The van der Waals surface area contributed by atoms with Crippen molar-refractivity contribution >= 4 is 34.8 Å². The molecule has 2 aromatic heterocycles. The second-order valence-corrected chi connectivity index (χ2v) is 15.6. The van der Waals surface area contributed by atoms with E-state index in [2.05, 4.69) is 26.9 Å². The topological polar surface area (TPSA) is 154 Å². The first-order valence-corrected chi connectivity index (χ1v) is 20.9. The van der Waals surface area contributed by atoms with Gasteiger partial charge < -0.3 is 15.4 Å². The number of carbonyl (C=O) groups excluding carboxylic acids is 2. The molecule has 2 atom stereocenters. The van der Waals surface area contributed by atoms with Crippen molar-refractivity contribution in [2.24, 2.45) is 9.98 Å². The van der Waals surface area contributed by atoms with E-state index in [9.17, 15) is 9.59 Å². The first-order chi connectivity index (χ1) is 30.3. The fourth-order valence-corrected chi connectivity index (χ4v) is 8.24. The van der Waals surface area contributed by atoms with Crippen LogP contribution in [0.25, 0.3) is 11.4 Å². The summed E-state index contributed by atoms with van der Waals surface area (Å²) in [6.07, 6.45) is 0.530. The summed E-state index contributed by atoms with van der Waals surface area (Å²) in [7, 11) is 1.63. The summed E-state index contributed by atoms with van der Waals surface area (Å²) < 4.78 is 9.75. The summed E-state index contributed by atoms with van der Waals surface area (Å²) in [4.78, 5) is 37.3. The fourth-order valence-electron chi connectivity index (χ4n) is 8.12. The van der Waals surface area contributed by atoms with Crippen LogP contribution in [0.5, 0.6) is 5.75 Å². The van der Waals surface area contributed by atoms with Gasteiger partial charge in [0, 0.05) is 52.9 Å². The Morgan fingerprint density at radius 1 is 0.661 bits per heavy atom. The highest BCUT2D eigenvalue weighted by molar-refractivity contribution is 6.30. The number of carbonyl (C=O) groups is 2. The predicted molar refractivity (Wildman–Crippen MR) is 238 cm³/mol. The standard InChI is InChI=1S/C48H43ClN10O3/c1-4-50-43(60)26-39-48-57-55-42(59(48)41-25-35(62-3)21-22-37(41)45(52-39)32-17-19-34(49)20-18-32)24-31-13-10-14-33(23-31)46-36-15-8-9-16-40(36)58-29(2)54-56-47(58)38(53-46)27-44(61)51-28-30-11-6-5-7-12-30/h5-23,25,38-39H,4,24,26-28H2,1-3H3,(H,50,60)(H,51,61). The molecule has 4 heterocycles. The third kappa shape index (κ3) is 8.02. The lowest BCUT2D eigenvalue weighted by Gasteiger charge is -2.16. The van der Waals surface area contributed by atoms with Gasteiger partial charge in [0.05, 0.1) is 42.7 Å². The Hall–Kier alpha value is -7.25. The molecule has 0 saturated carbocycles. The number of nitrogens with one attached hydrogen (secondary N) is 2. The van der Waals surface area contributed by atoms with Crippen LogP contribution in [-0.4, -0.2) is 66.4 Å². The number of halogens is 1. The van der Waals surface area contributed by atoms with Crippen LogP contribution in [0.3, 0.4) is 0 Å². The van der Waals surface area contributed by atoms with E-state index in [1.165, 1.54) is 0 Å². The average Bonchev–Trinajstić information content (AvgIpc) is 3.81. The van der Waals surface area contributed by atoms with Crippen molar-refractivity contribution in [1.29, 1.82) is 0 Å². The highest BCUT2D eigenvalue weighted by Gasteiger charge is 2.32. The number of hydrogen-bond acceptors (Lipinski definition) is 9. The Kier molecular flexibility index (Phi) is 11.3. The lowest BCUT2D eigenvalue weighted by Crippen LogP contribution is -2.25. The molecule has 2 aliphatic heterocycles. The molecule has 62 heavy (non-hydrogen) atoms. The van der Waals surface area contributed by atoms with Crippen LogP contribution in [-0.2, 0) is 22.6 Å². The smallest absolute Gasteiger partial charge is 0.222 e. The first-order valence-electron chi connectivity index (χ1n) is 20.5. The lowest BCUT2D eigenvalue weighted by atomic mass is 9.97. The molecule has 14 heteroatoms. The average molecular weight is 843 g/mol. The largest absolute Gasteiger partial charge is 0.497 e. The number of fused-ring (bicyclic) bond motifs is 6. The van der Waals surface area contributed by atoms with E-state index in [4.69, 9.17) is 36.5 Å². The second-order valence-electron chi connectivity index (χ2n) is 15.1. The monoisotopic (exact) mass is 842 g/mol. The van der Waals surface area contributed by atoms with E-state index in [0.717, 1.165) is 50.5 Å². The third-order valence-electron chi connectivity index (χ3n) is 11.0. The maximum Gasteiger partial charge on any atom is 0.222 e. The number of ether oxygens (including phenoxy) is 1. The number of aliphatic imine (C=N–C) groups is 2. The maximum atomic E-state index is 13.6. The number of hydrogen-bond donors (Lipinski definition) is 2. The van der Waals surface area contributed by atoms with Crippen LogP contribution >= 0.6 is 11.6 Å². The van der Waals surface area contributed by atoms with Gasteiger partial charge in [-0.25, -0.2) is 0 Å². The quantitative estimate of drug-likeness (QED) is 0.130. The third-order valence-corrected chi connectivity index (χ3v) is 11.3. The van der Waals surface area contributed by atoms with Crippen LogP contribution in [0.4, 0.5) is 0 Å². The molecule has 0 aliphatic carbocycles. The van der Waals surface area contributed by atoms with Crippen LogP contribution in [0.1, 0.15) is 88.5 Å². The van der Waals surface area contributed by atoms with Gasteiger partial charge >= 0.3 is 0 Å². The van der Waals surface area contributed by atoms with E-state index in [0.29, 0.717) is 59.3 Å². The van der Waals surface area contributed by atoms with Crippen molar-refractivity contribution in [3.8, 4) is 17.1 Å². The molecule has 0 fully saturated rings. The van der Waals surface area contributed by atoms with Crippen LogP contribution in [0.2, 0.25) is 5.02 Å². The summed E-state index contributed by atoms with van der Waals surface area (Å²) in [6.45, 7) is 4.69. The van der Waals surface area contributed by atoms with Crippen molar-refractivity contribution in [3.63, 3.8) is 0 Å². The summed E-state index contributed by atoms with van der Waals surface area (Å²) in [5, 5.41) is 25.1.